The molecule has 24 heavy (non-hydrogen) atoms. The van der Waals surface area contributed by atoms with Crippen molar-refractivity contribution in [1.29, 1.82) is 0 Å². The molecule has 0 radical (unpaired) electrons. The van der Waals surface area contributed by atoms with Crippen molar-refractivity contribution in [1.82, 2.24) is 0 Å². The van der Waals surface area contributed by atoms with Crippen LogP contribution in [0.2, 0.25) is 0 Å². The first-order valence-corrected chi connectivity index (χ1v) is 8.89. The Morgan fingerprint density at radius 1 is 1.04 bits per heavy atom. The second-order valence-corrected chi connectivity index (χ2v) is 7.17. The molecular weight excluding hydrogens is 335 g/mol. The van der Waals surface area contributed by atoms with E-state index in [1.54, 1.807) is 0 Å². The molecule has 1 atom stereocenters. The standard InChI is InChI=1S/C17H15FO5S/c1-11(16(19)12-7-9-13(18)10-8-12)23-17(20)14-5-3-4-6-15(14)24(2,21)22/h3-11H,1-2H3/t11-/m0/s1. The van der Waals surface area contributed by atoms with Gasteiger partial charge in [-0.2, -0.15) is 0 Å². The van der Waals surface area contributed by atoms with Crippen LogP contribution >= 0.6 is 0 Å². The molecule has 2 rings (SSSR count). The zero-order valence-electron chi connectivity index (χ0n) is 13.0. The van der Waals surface area contributed by atoms with Gasteiger partial charge in [0.2, 0.25) is 5.78 Å². The highest BCUT2D eigenvalue weighted by molar-refractivity contribution is 7.90. The van der Waals surface area contributed by atoms with Gasteiger partial charge in [-0.15, -0.1) is 0 Å². The number of hydrogen-bond acceptors (Lipinski definition) is 5. The Balaban J connectivity index is 2.21. The average molecular weight is 350 g/mol. The number of hydrogen-bond donors (Lipinski definition) is 0. The second kappa shape index (κ2) is 6.92. The van der Waals surface area contributed by atoms with Gasteiger partial charge >= 0.3 is 5.97 Å². The van der Waals surface area contributed by atoms with Crippen LogP contribution in [0.3, 0.4) is 0 Å². The van der Waals surface area contributed by atoms with Crippen molar-refractivity contribution >= 4 is 21.6 Å². The largest absolute Gasteiger partial charge is 0.451 e. The zero-order valence-corrected chi connectivity index (χ0v) is 13.8. The van der Waals surface area contributed by atoms with E-state index in [2.05, 4.69) is 0 Å². The highest BCUT2D eigenvalue weighted by atomic mass is 32.2. The third kappa shape index (κ3) is 4.05. The van der Waals surface area contributed by atoms with E-state index in [1.165, 1.54) is 43.3 Å². The number of ether oxygens (including phenoxy) is 1. The first-order valence-electron chi connectivity index (χ1n) is 7.00. The molecule has 0 amide bonds. The molecule has 0 unspecified atom stereocenters. The summed E-state index contributed by atoms with van der Waals surface area (Å²) in [5, 5.41) is 0. The number of carbonyl (C=O) groups excluding carboxylic acids is 2. The van der Waals surface area contributed by atoms with Gasteiger partial charge < -0.3 is 4.74 Å². The van der Waals surface area contributed by atoms with E-state index in [0.29, 0.717) is 0 Å². The van der Waals surface area contributed by atoms with Gasteiger partial charge in [-0.25, -0.2) is 17.6 Å². The molecule has 0 aliphatic heterocycles. The predicted molar refractivity (Wildman–Crippen MR) is 85.2 cm³/mol. The number of halogens is 1. The molecule has 0 spiro atoms. The highest BCUT2D eigenvalue weighted by Crippen LogP contribution is 2.18. The van der Waals surface area contributed by atoms with Gasteiger partial charge in [0.15, 0.2) is 15.9 Å². The molecule has 0 N–H and O–H groups in total. The molecule has 2 aromatic rings. The smallest absolute Gasteiger partial charge is 0.340 e. The molecule has 0 aliphatic rings. The van der Waals surface area contributed by atoms with Crippen LogP contribution in [0.1, 0.15) is 27.6 Å². The lowest BCUT2D eigenvalue weighted by Crippen LogP contribution is -2.25. The van der Waals surface area contributed by atoms with Crippen molar-refractivity contribution in [2.45, 2.75) is 17.9 Å². The van der Waals surface area contributed by atoms with Crippen LogP contribution in [0.25, 0.3) is 0 Å². The summed E-state index contributed by atoms with van der Waals surface area (Å²) in [6.07, 6.45) is -0.165. The van der Waals surface area contributed by atoms with Crippen LogP contribution < -0.4 is 0 Å². The summed E-state index contributed by atoms with van der Waals surface area (Å²) in [5.41, 5.74) is 0.0480. The maximum absolute atomic E-state index is 12.9. The van der Waals surface area contributed by atoms with Crippen LogP contribution in [0.5, 0.6) is 0 Å². The lowest BCUT2D eigenvalue weighted by molar-refractivity contribution is 0.0315. The van der Waals surface area contributed by atoms with Crippen molar-refractivity contribution in [2.24, 2.45) is 0 Å². The van der Waals surface area contributed by atoms with Gasteiger partial charge in [0, 0.05) is 11.8 Å². The van der Waals surface area contributed by atoms with Gasteiger partial charge in [0.05, 0.1) is 10.5 Å². The van der Waals surface area contributed by atoms with E-state index in [4.69, 9.17) is 4.74 Å². The first-order chi connectivity index (χ1) is 11.2. The van der Waals surface area contributed by atoms with Crippen molar-refractivity contribution < 1.29 is 27.1 Å². The van der Waals surface area contributed by atoms with E-state index >= 15 is 0 Å². The number of sulfone groups is 1. The molecule has 2 aromatic carbocycles. The monoisotopic (exact) mass is 350 g/mol. The molecule has 0 aliphatic carbocycles. The van der Waals surface area contributed by atoms with E-state index < -0.39 is 33.5 Å². The lowest BCUT2D eigenvalue weighted by atomic mass is 10.1. The summed E-state index contributed by atoms with van der Waals surface area (Å²) >= 11 is 0. The molecule has 126 valence electrons. The maximum Gasteiger partial charge on any atom is 0.340 e. The molecule has 5 nitrogen and oxygen atoms in total. The number of ketones is 1. The number of carbonyl (C=O) groups is 2. The Bertz CT molecular complexity index is 872. The van der Waals surface area contributed by atoms with Crippen LogP contribution in [0.4, 0.5) is 4.39 Å². The fourth-order valence-electron chi connectivity index (χ4n) is 2.09. The van der Waals surface area contributed by atoms with Crippen LogP contribution in [-0.2, 0) is 14.6 Å². The summed E-state index contributed by atoms with van der Waals surface area (Å²) in [6.45, 7) is 1.37. The highest BCUT2D eigenvalue weighted by Gasteiger charge is 2.24. The molecule has 0 saturated carbocycles. The van der Waals surface area contributed by atoms with Gasteiger partial charge in [0.1, 0.15) is 5.82 Å². The molecule has 0 aromatic heterocycles. The van der Waals surface area contributed by atoms with Crippen LogP contribution in [0.15, 0.2) is 53.4 Å². The van der Waals surface area contributed by atoms with E-state index in [9.17, 15) is 22.4 Å². The molecule has 0 bridgehead atoms. The van der Waals surface area contributed by atoms with Gasteiger partial charge in [-0.05, 0) is 43.3 Å². The molecule has 0 heterocycles. The van der Waals surface area contributed by atoms with Gasteiger partial charge in [-0.1, -0.05) is 12.1 Å². The fraction of sp³-hybridized carbons (Fsp3) is 0.176. The zero-order chi connectivity index (χ0) is 17.9. The Hall–Kier alpha value is -2.54. The van der Waals surface area contributed by atoms with Crippen molar-refractivity contribution in [3.8, 4) is 0 Å². The molecule has 0 fully saturated rings. The molecule has 0 saturated heterocycles. The maximum atomic E-state index is 12.9. The first kappa shape index (κ1) is 17.8. The van der Waals surface area contributed by atoms with Crippen molar-refractivity contribution in [3.63, 3.8) is 0 Å². The fourth-order valence-corrected chi connectivity index (χ4v) is 2.96. The summed E-state index contributed by atoms with van der Waals surface area (Å²) in [4.78, 5) is 24.2. The molecular formula is C17H15FO5S. The topological polar surface area (TPSA) is 77.5 Å². The SMILES string of the molecule is C[C@H](OC(=O)c1ccccc1S(C)(=O)=O)C(=O)c1ccc(F)cc1. The Morgan fingerprint density at radius 3 is 2.21 bits per heavy atom. The summed E-state index contributed by atoms with van der Waals surface area (Å²) in [6, 6.07) is 10.4. The lowest BCUT2D eigenvalue weighted by Gasteiger charge is -2.14. The normalized spacial score (nSPS) is 12.5. The van der Waals surface area contributed by atoms with Crippen molar-refractivity contribution in [2.75, 3.05) is 6.26 Å². The minimum atomic E-state index is -3.62. The van der Waals surface area contributed by atoms with E-state index in [-0.39, 0.29) is 16.0 Å². The number of rotatable bonds is 5. The third-order valence-corrected chi connectivity index (χ3v) is 4.44. The van der Waals surface area contributed by atoms with Crippen molar-refractivity contribution in [3.05, 3.63) is 65.5 Å². The summed E-state index contributed by atoms with van der Waals surface area (Å²) in [5.74, 6) is -1.92. The van der Waals surface area contributed by atoms with Gasteiger partial charge in [0.25, 0.3) is 0 Å². The van der Waals surface area contributed by atoms with Crippen LogP contribution in [-0.4, -0.2) is 32.5 Å². The Morgan fingerprint density at radius 2 is 1.62 bits per heavy atom. The predicted octanol–water partition coefficient (Wildman–Crippen LogP) is 2.66. The minimum Gasteiger partial charge on any atom is -0.451 e. The van der Waals surface area contributed by atoms with E-state index in [1.807, 2.05) is 0 Å². The van der Waals surface area contributed by atoms with E-state index in [0.717, 1.165) is 18.4 Å². The number of Topliss-reactive ketones (excluding diaryl/α,β-unsaturated/α-hetero) is 1. The Labute approximate surface area is 139 Å². The number of benzene rings is 2. The Kier molecular flexibility index (Phi) is 5.14. The second-order valence-electron chi connectivity index (χ2n) is 5.19. The summed E-state index contributed by atoms with van der Waals surface area (Å²) in [7, 11) is -3.62. The minimum absolute atomic E-state index is 0.140. The quantitative estimate of drug-likeness (QED) is 0.612. The average Bonchev–Trinajstić information content (AvgIpc) is 2.54. The van der Waals surface area contributed by atoms with Gasteiger partial charge in [-0.3, -0.25) is 4.79 Å². The van der Waals surface area contributed by atoms with Crippen LogP contribution in [0, 0.1) is 5.82 Å². The molecule has 7 heteroatoms. The number of esters is 1. The summed E-state index contributed by atoms with van der Waals surface area (Å²) < 4.78 is 41.4. The third-order valence-electron chi connectivity index (χ3n) is 3.29.